The normalized spacial score (nSPS) is 18.9. The fourth-order valence-electron chi connectivity index (χ4n) is 1.46. The number of ether oxygens (including phenoxy) is 2. The monoisotopic (exact) mass is 242 g/mol. The van der Waals surface area contributed by atoms with Gasteiger partial charge in [-0.3, -0.25) is 4.79 Å². The minimum absolute atomic E-state index is 0.0210. The Morgan fingerprint density at radius 2 is 1.94 bits per heavy atom. The van der Waals surface area contributed by atoms with Gasteiger partial charge in [0.05, 0.1) is 6.61 Å². The molecule has 0 aromatic rings. The predicted octanol–water partition coefficient (Wildman–Crippen LogP) is 2.10. The summed E-state index contributed by atoms with van der Waals surface area (Å²) in [5.41, 5.74) is 0.285. The van der Waals surface area contributed by atoms with Crippen molar-refractivity contribution in [2.45, 2.75) is 52.6 Å². The number of esters is 1. The van der Waals surface area contributed by atoms with E-state index in [9.17, 15) is 9.59 Å². The second-order valence-electron chi connectivity index (χ2n) is 5.74. The molecule has 0 saturated carbocycles. The molecular weight excluding hydrogens is 220 g/mol. The molecule has 1 heterocycles. The molecule has 1 atom stereocenters. The van der Waals surface area contributed by atoms with Gasteiger partial charge in [0.2, 0.25) is 5.78 Å². The highest BCUT2D eigenvalue weighted by Crippen LogP contribution is 2.22. The Bertz CT molecular complexity index is 274. The summed E-state index contributed by atoms with van der Waals surface area (Å²) in [5, 5.41) is 0. The van der Waals surface area contributed by atoms with Crippen molar-refractivity contribution < 1.29 is 19.1 Å². The van der Waals surface area contributed by atoms with E-state index in [2.05, 4.69) is 20.8 Å². The molecule has 0 aliphatic carbocycles. The minimum Gasteiger partial charge on any atom is -0.457 e. The van der Waals surface area contributed by atoms with Gasteiger partial charge < -0.3 is 9.47 Å². The van der Waals surface area contributed by atoms with Crippen molar-refractivity contribution in [1.29, 1.82) is 0 Å². The van der Waals surface area contributed by atoms with Crippen LogP contribution in [0.2, 0.25) is 0 Å². The van der Waals surface area contributed by atoms with Crippen molar-refractivity contribution >= 4 is 11.8 Å². The molecule has 0 aromatic heterocycles. The Morgan fingerprint density at radius 3 is 2.47 bits per heavy atom. The fourth-order valence-corrected chi connectivity index (χ4v) is 1.46. The van der Waals surface area contributed by atoms with Crippen LogP contribution in [0.25, 0.3) is 0 Å². The molecule has 1 aliphatic rings. The van der Waals surface area contributed by atoms with Gasteiger partial charge in [-0.2, -0.15) is 0 Å². The molecule has 4 heteroatoms. The Balaban J connectivity index is 2.04. The fraction of sp³-hybridized carbons (Fsp3) is 0.846. The molecule has 0 amide bonds. The predicted molar refractivity (Wildman–Crippen MR) is 63.6 cm³/mol. The summed E-state index contributed by atoms with van der Waals surface area (Å²) < 4.78 is 9.70. The van der Waals surface area contributed by atoms with Gasteiger partial charge in [-0.05, 0) is 18.3 Å². The van der Waals surface area contributed by atoms with Gasteiger partial charge >= 0.3 is 5.97 Å². The Hall–Kier alpha value is -0.900. The third kappa shape index (κ3) is 7.10. The van der Waals surface area contributed by atoms with Crippen LogP contribution in [0.3, 0.4) is 0 Å². The van der Waals surface area contributed by atoms with Gasteiger partial charge in [0.1, 0.15) is 12.7 Å². The number of carbonyl (C=O) groups is 2. The smallest absolute Gasteiger partial charge is 0.374 e. The summed E-state index contributed by atoms with van der Waals surface area (Å²) in [6, 6.07) is 0. The van der Waals surface area contributed by atoms with Gasteiger partial charge in [0.25, 0.3) is 0 Å². The Labute approximate surface area is 103 Å². The van der Waals surface area contributed by atoms with Gasteiger partial charge in [0, 0.05) is 6.42 Å². The zero-order valence-electron chi connectivity index (χ0n) is 11.0. The standard InChI is InChI=1S/C13H22O4/c1-13(2,3)7-5-4-6-11(14)12(15)17-9-10-8-16-10/h10H,4-9H2,1-3H3. The lowest BCUT2D eigenvalue weighted by molar-refractivity contribution is -0.154. The largest absolute Gasteiger partial charge is 0.457 e. The van der Waals surface area contributed by atoms with Crippen LogP contribution in [0.5, 0.6) is 0 Å². The summed E-state index contributed by atoms with van der Waals surface area (Å²) in [5.74, 6) is -1.13. The molecule has 17 heavy (non-hydrogen) atoms. The number of rotatable bonds is 7. The maximum absolute atomic E-state index is 11.4. The molecule has 1 fully saturated rings. The maximum atomic E-state index is 11.4. The molecule has 0 spiro atoms. The zero-order chi connectivity index (χ0) is 12.9. The van der Waals surface area contributed by atoms with E-state index in [1.807, 2.05) is 0 Å². The van der Waals surface area contributed by atoms with Crippen molar-refractivity contribution in [3.8, 4) is 0 Å². The lowest BCUT2D eigenvalue weighted by Gasteiger charge is -2.17. The zero-order valence-corrected chi connectivity index (χ0v) is 11.0. The summed E-state index contributed by atoms with van der Waals surface area (Å²) >= 11 is 0. The third-order valence-corrected chi connectivity index (χ3v) is 2.61. The van der Waals surface area contributed by atoms with Crippen molar-refractivity contribution in [3.63, 3.8) is 0 Å². The second kappa shape index (κ2) is 6.15. The molecule has 1 unspecified atom stereocenters. The first-order valence-corrected chi connectivity index (χ1v) is 6.20. The quantitative estimate of drug-likeness (QED) is 0.297. The number of carbonyl (C=O) groups excluding carboxylic acids is 2. The van der Waals surface area contributed by atoms with Gasteiger partial charge in [0.15, 0.2) is 0 Å². The molecule has 98 valence electrons. The summed E-state index contributed by atoms with van der Waals surface area (Å²) in [6.45, 7) is 7.34. The van der Waals surface area contributed by atoms with E-state index in [-0.39, 0.29) is 18.1 Å². The van der Waals surface area contributed by atoms with E-state index in [0.717, 1.165) is 19.3 Å². The molecule has 0 N–H and O–H groups in total. The van der Waals surface area contributed by atoms with E-state index in [1.165, 1.54) is 0 Å². The Morgan fingerprint density at radius 1 is 1.29 bits per heavy atom. The number of unbranched alkanes of at least 4 members (excludes halogenated alkanes) is 1. The lowest BCUT2D eigenvalue weighted by atomic mass is 9.89. The first-order chi connectivity index (χ1) is 7.88. The van der Waals surface area contributed by atoms with E-state index in [4.69, 9.17) is 9.47 Å². The van der Waals surface area contributed by atoms with Crippen molar-refractivity contribution in [2.24, 2.45) is 5.41 Å². The topological polar surface area (TPSA) is 55.9 Å². The lowest BCUT2D eigenvalue weighted by Crippen LogP contribution is -2.19. The minimum atomic E-state index is -0.712. The summed E-state index contributed by atoms with van der Waals surface area (Å²) in [4.78, 5) is 22.6. The third-order valence-electron chi connectivity index (χ3n) is 2.61. The molecule has 1 aliphatic heterocycles. The SMILES string of the molecule is CC(C)(C)CCCCC(=O)C(=O)OCC1CO1. The first-order valence-electron chi connectivity index (χ1n) is 6.20. The highest BCUT2D eigenvalue weighted by Gasteiger charge is 2.25. The Kier molecular flexibility index (Phi) is 5.12. The highest BCUT2D eigenvalue weighted by atomic mass is 16.6. The van der Waals surface area contributed by atoms with Crippen LogP contribution in [0.1, 0.15) is 46.5 Å². The van der Waals surface area contributed by atoms with E-state index in [1.54, 1.807) is 0 Å². The van der Waals surface area contributed by atoms with Crippen LogP contribution in [0, 0.1) is 5.41 Å². The van der Waals surface area contributed by atoms with Gasteiger partial charge in [-0.25, -0.2) is 4.79 Å². The van der Waals surface area contributed by atoms with Crippen molar-refractivity contribution in [2.75, 3.05) is 13.2 Å². The number of hydrogen-bond acceptors (Lipinski definition) is 4. The summed E-state index contributed by atoms with van der Waals surface area (Å²) in [7, 11) is 0. The number of hydrogen-bond donors (Lipinski definition) is 0. The number of Topliss-reactive ketones (excluding diaryl/α,β-unsaturated/α-hetero) is 1. The van der Waals surface area contributed by atoms with Crippen molar-refractivity contribution in [1.82, 2.24) is 0 Å². The maximum Gasteiger partial charge on any atom is 0.374 e. The van der Waals surface area contributed by atoms with Crippen molar-refractivity contribution in [3.05, 3.63) is 0 Å². The molecule has 4 nitrogen and oxygen atoms in total. The van der Waals surface area contributed by atoms with E-state index in [0.29, 0.717) is 13.0 Å². The second-order valence-corrected chi connectivity index (χ2v) is 5.74. The van der Waals surface area contributed by atoms with Crippen LogP contribution in [0.15, 0.2) is 0 Å². The van der Waals surface area contributed by atoms with Crippen LogP contribution >= 0.6 is 0 Å². The summed E-state index contributed by atoms with van der Waals surface area (Å²) in [6.07, 6.45) is 3.10. The number of ketones is 1. The molecular formula is C13H22O4. The molecule has 0 bridgehead atoms. The number of epoxide rings is 1. The van der Waals surface area contributed by atoms with E-state index < -0.39 is 11.8 Å². The molecule has 0 radical (unpaired) electrons. The van der Waals surface area contributed by atoms with E-state index >= 15 is 0 Å². The van der Waals surface area contributed by atoms with Gasteiger partial charge in [-0.15, -0.1) is 0 Å². The average molecular weight is 242 g/mol. The average Bonchev–Trinajstić information content (AvgIpc) is 3.03. The molecule has 0 aromatic carbocycles. The van der Waals surface area contributed by atoms with Crippen LogP contribution in [-0.2, 0) is 19.1 Å². The molecule has 1 rings (SSSR count). The first kappa shape index (κ1) is 14.2. The molecule has 1 saturated heterocycles. The van der Waals surface area contributed by atoms with Gasteiger partial charge in [-0.1, -0.05) is 27.2 Å². The van der Waals surface area contributed by atoms with Crippen LogP contribution < -0.4 is 0 Å². The van der Waals surface area contributed by atoms with Crippen LogP contribution in [-0.4, -0.2) is 31.1 Å². The highest BCUT2D eigenvalue weighted by molar-refractivity contribution is 6.33. The van der Waals surface area contributed by atoms with Crippen LogP contribution in [0.4, 0.5) is 0 Å².